The van der Waals surface area contributed by atoms with E-state index in [-0.39, 0.29) is 10.8 Å². The van der Waals surface area contributed by atoms with Crippen LogP contribution in [0, 0.1) is 0 Å². The Labute approximate surface area is 147 Å². The number of aromatic nitrogens is 4. The van der Waals surface area contributed by atoms with Gasteiger partial charge in [0.25, 0.3) is 0 Å². The van der Waals surface area contributed by atoms with Gasteiger partial charge in [0, 0.05) is 40.5 Å². The summed E-state index contributed by atoms with van der Waals surface area (Å²) in [4.78, 5) is 14.2. The number of pyridine rings is 3. The molecule has 4 nitrogen and oxygen atoms in total. The first-order valence-corrected chi connectivity index (χ1v) is 8.73. The van der Waals surface area contributed by atoms with Crippen molar-refractivity contribution < 1.29 is 0 Å². The van der Waals surface area contributed by atoms with Crippen LogP contribution in [0.2, 0.25) is 0 Å². The first-order chi connectivity index (χ1) is 11.7. The van der Waals surface area contributed by atoms with Crippen LogP contribution in [-0.2, 0) is 10.8 Å². The monoisotopic (exact) mass is 332 g/mol. The summed E-state index contributed by atoms with van der Waals surface area (Å²) in [5.74, 6) is 0. The van der Waals surface area contributed by atoms with Crippen LogP contribution in [0.4, 0.5) is 0 Å². The Hall–Kier alpha value is -2.49. The van der Waals surface area contributed by atoms with Gasteiger partial charge in [-0.05, 0) is 23.6 Å². The fraction of sp³-hybridized carbons (Fsp3) is 0.381. The molecule has 4 aromatic heterocycles. The lowest BCUT2D eigenvalue weighted by Gasteiger charge is -2.19. The molecule has 4 aromatic rings. The molecule has 0 saturated heterocycles. The third-order valence-corrected chi connectivity index (χ3v) is 4.66. The van der Waals surface area contributed by atoms with E-state index < -0.39 is 0 Å². The first-order valence-electron chi connectivity index (χ1n) is 8.73. The number of fused-ring (bicyclic) bond motifs is 5. The molecule has 128 valence electrons. The van der Waals surface area contributed by atoms with Gasteiger partial charge in [0.2, 0.25) is 0 Å². The van der Waals surface area contributed by atoms with Crippen molar-refractivity contribution in [2.24, 2.45) is 0 Å². The summed E-state index contributed by atoms with van der Waals surface area (Å²) in [6.45, 7) is 13.1. The molecule has 25 heavy (non-hydrogen) atoms. The van der Waals surface area contributed by atoms with Gasteiger partial charge in [0.05, 0.1) is 16.7 Å². The molecule has 0 atom stereocenters. The zero-order chi connectivity index (χ0) is 18.0. The van der Waals surface area contributed by atoms with Crippen LogP contribution in [0.15, 0.2) is 36.8 Å². The highest BCUT2D eigenvalue weighted by Crippen LogP contribution is 2.31. The topological polar surface area (TPSA) is 43.1 Å². The Morgan fingerprint density at radius 2 is 1.68 bits per heavy atom. The molecule has 0 aliphatic rings. The quantitative estimate of drug-likeness (QED) is 0.454. The van der Waals surface area contributed by atoms with E-state index in [0.29, 0.717) is 0 Å². The molecule has 0 aromatic carbocycles. The van der Waals surface area contributed by atoms with Crippen molar-refractivity contribution in [3.63, 3.8) is 0 Å². The minimum atomic E-state index is -0.0429. The van der Waals surface area contributed by atoms with Gasteiger partial charge in [-0.3, -0.25) is 14.4 Å². The summed E-state index contributed by atoms with van der Waals surface area (Å²) in [5.41, 5.74) is 5.16. The Morgan fingerprint density at radius 1 is 0.920 bits per heavy atom. The van der Waals surface area contributed by atoms with E-state index in [9.17, 15) is 0 Å². The first kappa shape index (κ1) is 16.0. The zero-order valence-electron chi connectivity index (χ0n) is 15.8. The smallest absolute Gasteiger partial charge is 0.147 e. The van der Waals surface area contributed by atoms with Crippen LogP contribution >= 0.6 is 0 Å². The molecule has 4 rings (SSSR count). The molecule has 4 heterocycles. The average molecular weight is 332 g/mol. The maximum Gasteiger partial charge on any atom is 0.147 e. The van der Waals surface area contributed by atoms with Gasteiger partial charge in [0.1, 0.15) is 5.65 Å². The zero-order valence-corrected chi connectivity index (χ0v) is 15.8. The maximum atomic E-state index is 4.89. The van der Waals surface area contributed by atoms with E-state index in [4.69, 9.17) is 9.97 Å². The van der Waals surface area contributed by atoms with Crippen LogP contribution in [0.5, 0.6) is 0 Å². The second-order valence-electron chi connectivity index (χ2n) is 8.81. The highest BCUT2D eigenvalue weighted by molar-refractivity contribution is 5.98. The van der Waals surface area contributed by atoms with E-state index in [1.54, 1.807) is 0 Å². The molecule has 0 N–H and O–H groups in total. The third kappa shape index (κ3) is 2.48. The minimum absolute atomic E-state index is 0.0315. The molecule has 0 saturated carbocycles. The van der Waals surface area contributed by atoms with Crippen molar-refractivity contribution in [3.8, 4) is 0 Å². The van der Waals surface area contributed by atoms with Crippen molar-refractivity contribution in [3.05, 3.63) is 48.2 Å². The molecule has 0 aliphatic heterocycles. The Kier molecular flexibility index (Phi) is 3.21. The summed E-state index contributed by atoms with van der Waals surface area (Å²) in [7, 11) is 0. The molecular formula is C21H24N4. The van der Waals surface area contributed by atoms with Gasteiger partial charge < -0.3 is 0 Å². The van der Waals surface area contributed by atoms with Gasteiger partial charge in [0.15, 0.2) is 0 Å². The van der Waals surface area contributed by atoms with Crippen molar-refractivity contribution in [2.75, 3.05) is 0 Å². The average Bonchev–Trinajstić information content (AvgIpc) is 2.91. The molecule has 0 radical (unpaired) electrons. The molecule has 0 bridgehead atoms. The normalized spacial score (nSPS) is 13.2. The Morgan fingerprint density at radius 3 is 2.36 bits per heavy atom. The molecule has 0 spiro atoms. The van der Waals surface area contributed by atoms with Crippen LogP contribution in [-0.4, -0.2) is 19.4 Å². The summed E-state index contributed by atoms with van der Waals surface area (Å²) in [6.07, 6.45) is 5.92. The van der Waals surface area contributed by atoms with Gasteiger partial charge in [-0.1, -0.05) is 41.5 Å². The predicted molar refractivity (Wildman–Crippen MR) is 103 cm³/mol. The minimum Gasteiger partial charge on any atom is -0.297 e. The van der Waals surface area contributed by atoms with E-state index in [1.807, 2.05) is 18.5 Å². The largest absolute Gasteiger partial charge is 0.297 e. The van der Waals surface area contributed by atoms with Crippen molar-refractivity contribution in [1.29, 1.82) is 0 Å². The number of hydrogen-bond donors (Lipinski definition) is 0. The molecule has 0 fully saturated rings. The van der Waals surface area contributed by atoms with Crippen molar-refractivity contribution in [1.82, 2.24) is 19.4 Å². The van der Waals surface area contributed by atoms with E-state index in [0.717, 1.165) is 33.5 Å². The standard InChI is InChI=1S/C21H24N4/c1-20(2,3)16-11-13-8-10-25-17-15(24-19(25)14(13)12-23-16)7-9-22-18(17)21(4,5)6/h7-12H,1-6H3. The van der Waals surface area contributed by atoms with Gasteiger partial charge in [-0.2, -0.15) is 0 Å². The molecule has 0 unspecified atom stereocenters. The summed E-state index contributed by atoms with van der Waals surface area (Å²) in [6, 6.07) is 6.32. The lowest BCUT2D eigenvalue weighted by molar-refractivity contribution is 0.570. The van der Waals surface area contributed by atoms with Crippen molar-refractivity contribution in [2.45, 2.75) is 52.4 Å². The number of rotatable bonds is 0. The number of nitrogens with zero attached hydrogens (tertiary/aromatic N) is 4. The van der Waals surface area contributed by atoms with Crippen LogP contribution < -0.4 is 0 Å². The SMILES string of the molecule is CC(C)(C)c1cc2ccn3c(nc4ccnc(C(C)(C)C)c43)c2cn1. The summed E-state index contributed by atoms with van der Waals surface area (Å²) < 4.78 is 2.16. The highest BCUT2D eigenvalue weighted by atomic mass is 15.0. The van der Waals surface area contributed by atoms with Crippen LogP contribution in [0.25, 0.3) is 27.5 Å². The van der Waals surface area contributed by atoms with Gasteiger partial charge >= 0.3 is 0 Å². The third-order valence-electron chi connectivity index (χ3n) is 4.66. The fourth-order valence-electron chi connectivity index (χ4n) is 3.29. The summed E-state index contributed by atoms with van der Waals surface area (Å²) in [5, 5.41) is 2.25. The van der Waals surface area contributed by atoms with E-state index in [1.165, 1.54) is 5.39 Å². The maximum absolute atomic E-state index is 4.89. The van der Waals surface area contributed by atoms with E-state index in [2.05, 4.69) is 69.3 Å². The fourth-order valence-corrected chi connectivity index (χ4v) is 3.29. The van der Waals surface area contributed by atoms with Crippen LogP contribution in [0.3, 0.4) is 0 Å². The van der Waals surface area contributed by atoms with Crippen molar-refractivity contribution >= 4 is 27.5 Å². The van der Waals surface area contributed by atoms with Crippen LogP contribution in [0.1, 0.15) is 52.9 Å². The lowest BCUT2D eigenvalue weighted by atomic mass is 9.90. The van der Waals surface area contributed by atoms with Gasteiger partial charge in [-0.25, -0.2) is 4.98 Å². The second kappa shape index (κ2) is 5.01. The molecular weight excluding hydrogens is 308 g/mol. The number of hydrogen-bond acceptors (Lipinski definition) is 3. The Bertz CT molecular complexity index is 1110. The second-order valence-corrected chi connectivity index (χ2v) is 8.81. The molecule has 0 aliphatic carbocycles. The van der Waals surface area contributed by atoms with E-state index >= 15 is 0 Å². The lowest BCUT2D eigenvalue weighted by Crippen LogP contribution is -2.14. The van der Waals surface area contributed by atoms with Gasteiger partial charge in [-0.15, -0.1) is 0 Å². The predicted octanol–water partition coefficient (Wildman–Crippen LogP) is 5.03. The Balaban J connectivity index is 2.09. The number of imidazole rings is 1. The molecule has 0 amide bonds. The summed E-state index contributed by atoms with van der Waals surface area (Å²) >= 11 is 0. The molecule has 4 heteroatoms. The highest BCUT2D eigenvalue weighted by Gasteiger charge is 2.22.